The minimum atomic E-state index is -0.0670. The molecule has 1 atom stereocenters. The molecule has 1 rings (SSSR count). The van der Waals surface area contributed by atoms with Crippen molar-refractivity contribution in [2.45, 2.75) is 39.7 Å². The largest absolute Gasteiger partial charge is 0.396 e. The first kappa shape index (κ1) is 14.6. The number of carbonyl (C=O) groups excluding carboxylic acids is 1. The van der Waals surface area contributed by atoms with E-state index in [1.54, 1.807) is 6.20 Å². The minimum absolute atomic E-state index is 0.0290. The van der Waals surface area contributed by atoms with Crippen LogP contribution in [0.4, 0.5) is 0 Å². The van der Waals surface area contributed by atoms with Crippen LogP contribution in [0, 0.1) is 5.41 Å². The number of hydrogen-bond acceptors (Lipinski definition) is 3. The highest BCUT2D eigenvalue weighted by atomic mass is 16.3. The number of pyridine rings is 1. The highest BCUT2D eigenvalue weighted by Crippen LogP contribution is 2.21. The monoisotopic (exact) mass is 250 g/mol. The quantitative estimate of drug-likeness (QED) is 0.833. The lowest BCUT2D eigenvalue weighted by Crippen LogP contribution is -2.44. The zero-order chi connectivity index (χ0) is 13.6. The Hall–Kier alpha value is -1.42. The fourth-order valence-electron chi connectivity index (χ4n) is 1.76. The van der Waals surface area contributed by atoms with E-state index in [4.69, 9.17) is 5.11 Å². The van der Waals surface area contributed by atoms with Gasteiger partial charge in [-0.3, -0.25) is 9.78 Å². The van der Waals surface area contributed by atoms with Crippen LogP contribution in [0.15, 0.2) is 24.4 Å². The molecule has 0 saturated carbocycles. The average Bonchev–Trinajstić information content (AvgIpc) is 2.28. The van der Waals surface area contributed by atoms with Crippen LogP contribution in [0.5, 0.6) is 0 Å². The number of hydrogen-bond donors (Lipinski definition) is 2. The fraction of sp³-hybridized carbons (Fsp3) is 0.571. The van der Waals surface area contributed by atoms with Gasteiger partial charge in [-0.1, -0.05) is 26.8 Å². The lowest BCUT2D eigenvalue weighted by atomic mass is 9.85. The number of carbonyl (C=O) groups is 1. The van der Waals surface area contributed by atoms with Gasteiger partial charge in [0.15, 0.2) is 0 Å². The molecule has 1 heterocycles. The van der Waals surface area contributed by atoms with Gasteiger partial charge >= 0.3 is 0 Å². The second kappa shape index (κ2) is 6.50. The van der Waals surface area contributed by atoms with Crippen molar-refractivity contribution in [3.63, 3.8) is 0 Å². The van der Waals surface area contributed by atoms with Gasteiger partial charge in [0.25, 0.3) is 0 Å². The second-order valence-electron chi connectivity index (χ2n) is 5.50. The molecular weight excluding hydrogens is 228 g/mol. The van der Waals surface area contributed by atoms with E-state index in [9.17, 15) is 4.79 Å². The van der Waals surface area contributed by atoms with Crippen LogP contribution in [-0.4, -0.2) is 28.6 Å². The maximum atomic E-state index is 11.9. The van der Waals surface area contributed by atoms with Crippen LogP contribution in [0.3, 0.4) is 0 Å². The molecule has 0 fully saturated rings. The predicted molar refractivity (Wildman–Crippen MR) is 71.0 cm³/mol. The first-order valence-corrected chi connectivity index (χ1v) is 6.23. The molecule has 0 bridgehead atoms. The first-order chi connectivity index (χ1) is 8.43. The number of nitrogens with zero attached hydrogens (tertiary/aromatic N) is 1. The van der Waals surface area contributed by atoms with E-state index in [0.29, 0.717) is 6.42 Å². The van der Waals surface area contributed by atoms with Crippen LogP contribution in [0.2, 0.25) is 0 Å². The number of rotatable bonds is 5. The van der Waals surface area contributed by atoms with Gasteiger partial charge in [-0.05, 0) is 24.0 Å². The van der Waals surface area contributed by atoms with E-state index in [0.717, 1.165) is 5.69 Å². The Morgan fingerprint density at radius 1 is 1.44 bits per heavy atom. The van der Waals surface area contributed by atoms with Crippen molar-refractivity contribution in [2.24, 2.45) is 5.41 Å². The van der Waals surface area contributed by atoms with Gasteiger partial charge in [0.05, 0.1) is 6.42 Å². The van der Waals surface area contributed by atoms with Crippen LogP contribution in [0.1, 0.15) is 32.9 Å². The van der Waals surface area contributed by atoms with Gasteiger partial charge in [0.2, 0.25) is 5.91 Å². The highest BCUT2D eigenvalue weighted by molar-refractivity contribution is 5.78. The van der Waals surface area contributed by atoms with Crippen molar-refractivity contribution >= 4 is 5.91 Å². The third-order valence-electron chi connectivity index (χ3n) is 2.87. The third-order valence-corrected chi connectivity index (χ3v) is 2.87. The average molecular weight is 250 g/mol. The number of aromatic nitrogens is 1. The fourth-order valence-corrected chi connectivity index (χ4v) is 1.76. The molecule has 2 N–H and O–H groups in total. The van der Waals surface area contributed by atoms with Gasteiger partial charge in [-0.15, -0.1) is 0 Å². The molecule has 0 aliphatic rings. The lowest BCUT2D eigenvalue weighted by molar-refractivity contribution is -0.122. The summed E-state index contributed by atoms with van der Waals surface area (Å²) in [7, 11) is 0. The molecule has 4 heteroatoms. The minimum Gasteiger partial charge on any atom is -0.396 e. The van der Waals surface area contributed by atoms with E-state index in [1.807, 2.05) is 39.0 Å². The molecule has 1 aromatic rings. The zero-order valence-corrected chi connectivity index (χ0v) is 11.3. The van der Waals surface area contributed by atoms with Gasteiger partial charge in [0.1, 0.15) is 0 Å². The second-order valence-corrected chi connectivity index (χ2v) is 5.50. The molecule has 0 aromatic carbocycles. The lowest BCUT2D eigenvalue weighted by Gasteiger charge is -2.31. The maximum Gasteiger partial charge on any atom is 0.226 e. The van der Waals surface area contributed by atoms with Crippen molar-refractivity contribution in [3.05, 3.63) is 30.1 Å². The Morgan fingerprint density at radius 3 is 2.67 bits per heavy atom. The Morgan fingerprint density at radius 2 is 2.17 bits per heavy atom. The topological polar surface area (TPSA) is 62.2 Å². The van der Waals surface area contributed by atoms with E-state index in [1.165, 1.54) is 0 Å². The number of aliphatic hydroxyl groups is 1. The maximum absolute atomic E-state index is 11.9. The Labute approximate surface area is 108 Å². The molecule has 1 amide bonds. The van der Waals surface area contributed by atoms with E-state index < -0.39 is 0 Å². The summed E-state index contributed by atoms with van der Waals surface area (Å²) in [6.45, 7) is 6.23. The van der Waals surface area contributed by atoms with Gasteiger partial charge in [0, 0.05) is 24.5 Å². The molecule has 0 radical (unpaired) electrons. The molecule has 0 spiro atoms. The molecule has 0 aliphatic heterocycles. The Balaban J connectivity index is 2.57. The summed E-state index contributed by atoms with van der Waals surface area (Å²) in [5.74, 6) is -0.0536. The smallest absolute Gasteiger partial charge is 0.226 e. The summed E-state index contributed by atoms with van der Waals surface area (Å²) < 4.78 is 0. The molecule has 100 valence electrons. The molecule has 4 nitrogen and oxygen atoms in total. The van der Waals surface area contributed by atoms with E-state index in [2.05, 4.69) is 10.3 Å². The standard InChI is InChI=1S/C14H22N2O2/c1-14(2,3)12(7-9-17)16-13(18)10-11-6-4-5-8-15-11/h4-6,8,12,17H,7,9-10H2,1-3H3,(H,16,18). The number of amides is 1. The normalized spacial score (nSPS) is 13.1. The van der Waals surface area contributed by atoms with Crippen molar-refractivity contribution in [2.75, 3.05) is 6.61 Å². The van der Waals surface area contributed by atoms with Crippen molar-refractivity contribution in [1.82, 2.24) is 10.3 Å². The predicted octanol–water partition coefficient (Wildman–Crippen LogP) is 1.54. The molecule has 18 heavy (non-hydrogen) atoms. The van der Waals surface area contributed by atoms with Crippen LogP contribution in [0.25, 0.3) is 0 Å². The number of aliphatic hydroxyl groups excluding tert-OH is 1. The van der Waals surface area contributed by atoms with Crippen molar-refractivity contribution < 1.29 is 9.90 Å². The summed E-state index contributed by atoms with van der Waals surface area (Å²) in [4.78, 5) is 16.0. The molecule has 0 saturated heterocycles. The molecular formula is C14H22N2O2. The summed E-state index contributed by atoms with van der Waals surface area (Å²) in [5.41, 5.74) is 0.689. The first-order valence-electron chi connectivity index (χ1n) is 6.23. The van der Waals surface area contributed by atoms with Crippen LogP contribution < -0.4 is 5.32 Å². The molecule has 1 unspecified atom stereocenters. The summed E-state index contributed by atoms with van der Waals surface area (Å²) in [6, 6.07) is 5.49. The zero-order valence-electron chi connectivity index (χ0n) is 11.3. The molecule has 1 aromatic heterocycles. The Kier molecular flexibility index (Phi) is 5.28. The molecule has 0 aliphatic carbocycles. The third kappa shape index (κ3) is 4.84. The SMILES string of the molecule is CC(C)(C)C(CCO)NC(=O)Cc1ccccn1. The van der Waals surface area contributed by atoms with Gasteiger partial charge in [-0.25, -0.2) is 0 Å². The number of nitrogens with one attached hydrogen (secondary N) is 1. The summed E-state index contributed by atoms with van der Waals surface area (Å²) in [6.07, 6.45) is 2.52. The highest BCUT2D eigenvalue weighted by Gasteiger charge is 2.25. The van der Waals surface area contributed by atoms with Crippen molar-refractivity contribution in [3.8, 4) is 0 Å². The van der Waals surface area contributed by atoms with Crippen LogP contribution in [-0.2, 0) is 11.2 Å². The summed E-state index contributed by atoms with van der Waals surface area (Å²) in [5, 5.41) is 12.0. The summed E-state index contributed by atoms with van der Waals surface area (Å²) >= 11 is 0. The van der Waals surface area contributed by atoms with E-state index >= 15 is 0 Å². The van der Waals surface area contributed by atoms with Crippen molar-refractivity contribution in [1.29, 1.82) is 0 Å². The van der Waals surface area contributed by atoms with Gasteiger partial charge < -0.3 is 10.4 Å². The van der Waals surface area contributed by atoms with E-state index in [-0.39, 0.29) is 30.4 Å². The van der Waals surface area contributed by atoms with Gasteiger partial charge in [-0.2, -0.15) is 0 Å². The Bertz CT molecular complexity index is 371. The van der Waals surface area contributed by atoms with Crippen LogP contribution >= 0.6 is 0 Å².